The number of carbonyl (C=O) groups is 1. The molecule has 4 heteroatoms. The molecule has 1 aromatic carbocycles. The third-order valence-corrected chi connectivity index (χ3v) is 2.13. The van der Waals surface area contributed by atoms with Crippen LogP contribution in [0, 0.1) is 11.7 Å². The van der Waals surface area contributed by atoms with Crippen LogP contribution in [0.3, 0.4) is 0 Å². The highest BCUT2D eigenvalue weighted by atomic mass is 19.1. The zero-order chi connectivity index (χ0) is 11.4. The molecule has 0 saturated carbocycles. The third kappa shape index (κ3) is 3.32. The van der Waals surface area contributed by atoms with Gasteiger partial charge in [0, 0.05) is 5.69 Å². The number of anilines is 1. The van der Waals surface area contributed by atoms with E-state index in [0.717, 1.165) is 0 Å². The summed E-state index contributed by atoms with van der Waals surface area (Å²) in [7, 11) is 0. The van der Waals surface area contributed by atoms with E-state index in [1.807, 2.05) is 13.8 Å². The van der Waals surface area contributed by atoms with Crippen LogP contribution in [-0.2, 0) is 4.79 Å². The zero-order valence-corrected chi connectivity index (χ0v) is 8.83. The van der Waals surface area contributed by atoms with Gasteiger partial charge in [-0.1, -0.05) is 13.8 Å². The summed E-state index contributed by atoms with van der Waals surface area (Å²) >= 11 is 0. The largest absolute Gasteiger partial charge is 0.325 e. The lowest BCUT2D eigenvalue weighted by Crippen LogP contribution is -2.39. The predicted molar refractivity (Wildman–Crippen MR) is 57.8 cm³/mol. The van der Waals surface area contributed by atoms with E-state index in [-0.39, 0.29) is 17.6 Å². The molecule has 0 bridgehead atoms. The first-order valence-electron chi connectivity index (χ1n) is 4.82. The molecule has 3 N–H and O–H groups in total. The quantitative estimate of drug-likeness (QED) is 0.798. The van der Waals surface area contributed by atoms with Gasteiger partial charge in [-0.25, -0.2) is 4.39 Å². The summed E-state index contributed by atoms with van der Waals surface area (Å²) in [5.74, 6) is -0.511. The first-order chi connectivity index (χ1) is 7.00. The first-order valence-corrected chi connectivity index (χ1v) is 4.82. The minimum atomic E-state index is -0.546. The lowest BCUT2D eigenvalue weighted by molar-refractivity contribution is -0.118. The number of halogens is 1. The molecule has 0 aliphatic heterocycles. The van der Waals surface area contributed by atoms with Crippen LogP contribution in [0.25, 0.3) is 0 Å². The highest BCUT2D eigenvalue weighted by molar-refractivity contribution is 5.94. The highest BCUT2D eigenvalue weighted by Crippen LogP contribution is 2.09. The Morgan fingerprint density at radius 2 is 1.87 bits per heavy atom. The molecule has 0 heterocycles. The van der Waals surface area contributed by atoms with Crippen LogP contribution in [0.1, 0.15) is 13.8 Å². The van der Waals surface area contributed by atoms with Crippen molar-refractivity contribution in [3.05, 3.63) is 30.1 Å². The monoisotopic (exact) mass is 210 g/mol. The fraction of sp³-hybridized carbons (Fsp3) is 0.364. The minimum absolute atomic E-state index is 0.0745. The number of hydrogen-bond acceptors (Lipinski definition) is 2. The molecule has 3 nitrogen and oxygen atoms in total. The standard InChI is InChI=1S/C11H15FN2O/c1-7(2)10(13)11(15)14-9-5-3-8(12)4-6-9/h3-7,10H,13H2,1-2H3,(H,14,15). The molecule has 15 heavy (non-hydrogen) atoms. The molecule has 0 fully saturated rings. The van der Waals surface area contributed by atoms with Gasteiger partial charge in [0.05, 0.1) is 6.04 Å². The van der Waals surface area contributed by atoms with Crippen molar-refractivity contribution in [3.8, 4) is 0 Å². The number of benzene rings is 1. The number of amides is 1. The molecule has 0 spiro atoms. The summed E-state index contributed by atoms with van der Waals surface area (Å²) < 4.78 is 12.6. The zero-order valence-electron chi connectivity index (χ0n) is 8.83. The number of hydrogen-bond donors (Lipinski definition) is 2. The van der Waals surface area contributed by atoms with E-state index in [0.29, 0.717) is 5.69 Å². The Labute approximate surface area is 88.5 Å². The van der Waals surface area contributed by atoms with Crippen LogP contribution in [0.4, 0.5) is 10.1 Å². The Morgan fingerprint density at radius 1 is 1.33 bits per heavy atom. The molecule has 82 valence electrons. The average molecular weight is 210 g/mol. The van der Waals surface area contributed by atoms with Crippen LogP contribution >= 0.6 is 0 Å². The average Bonchev–Trinajstić information content (AvgIpc) is 2.20. The first kappa shape index (κ1) is 11.7. The van der Waals surface area contributed by atoms with E-state index in [1.54, 1.807) is 0 Å². The van der Waals surface area contributed by atoms with Gasteiger partial charge in [-0.15, -0.1) is 0 Å². The van der Waals surface area contributed by atoms with Crippen molar-refractivity contribution >= 4 is 11.6 Å². The van der Waals surface area contributed by atoms with E-state index >= 15 is 0 Å². The van der Waals surface area contributed by atoms with Crippen molar-refractivity contribution in [2.45, 2.75) is 19.9 Å². The van der Waals surface area contributed by atoms with Gasteiger partial charge in [-0.3, -0.25) is 4.79 Å². The van der Waals surface area contributed by atoms with Gasteiger partial charge < -0.3 is 11.1 Å². The van der Waals surface area contributed by atoms with E-state index in [4.69, 9.17) is 5.73 Å². The normalized spacial score (nSPS) is 12.6. The Bertz CT molecular complexity index is 335. The van der Waals surface area contributed by atoms with E-state index < -0.39 is 6.04 Å². The molecule has 1 aromatic rings. The minimum Gasteiger partial charge on any atom is -0.325 e. The van der Waals surface area contributed by atoms with Gasteiger partial charge >= 0.3 is 0 Å². The van der Waals surface area contributed by atoms with Crippen molar-refractivity contribution in [1.82, 2.24) is 0 Å². The second-order valence-corrected chi connectivity index (χ2v) is 3.77. The Kier molecular flexibility index (Phi) is 3.80. The molecule has 0 radical (unpaired) electrons. The molecule has 0 aromatic heterocycles. The Hall–Kier alpha value is -1.42. The molecule has 1 amide bonds. The summed E-state index contributed by atoms with van der Waals surface area (Å²) in [4.78, 5) is 11.5. The van der Waals surface area contributed by atoms with Crippen LogP contribution in [-0.4, -0.2) is 11.9 Å². The maximum atomic E-state index is 12.6. The molecule has 0 aliphatic rings. The maximum absolute atomic E-state index is 12.6. The van der Waals surface area contributed by atoms with Crippen molar-refractivity contribution in [2.75, 3.05) is 5.32 Å². The number of rotatable bonds is 3. The lowest BCUT2D eigenvalue weighted by Gasteiger charge is -2.15. The number of carbonyl (C=O) groups excluding carboxylic acids is 1. The third-order valence-electron chi connectivity index (χ3n) is 2.13. The van der Waals surface area contributed by atoms with Gasteiger partial charge in [0.15, 0.2) is 0 Å². The van der Waals surface area contributed by atoms with Crippen molar-refractivity contribution in [1.29, 1.82) is 0 Å². The van der Waals surface area contributed by atoms with Crippen LogP contribution in [0.15, 0.2) is 24.3 Å². The van der Waals surface area contributed by atoms with Crippen LogP contribution < -0.4 is 11.1 Å². The summed E-state index contributed by atoms with van der Waals surface area (Å²) in [6, 6.07) is 5.03. The lowest BCUT2D eigenvalue weighted by atomic mass is 10.1. The predicted octanol–water partition coefficient (Wildman–Crippen LogP) is 1.75. The van der Waals surface area contributed by atoms with Crippen LogP contribution in [0.5, 0.6) is 0 Å². The summed E-state index contributed by atoms with van der Waals surface area (Å²) in [5, 5.41) is 2.62. The number of nitrogens with two attached hydrogens (primary N) is 1. The number of nitrogens with one attached hydrogen (secondary N) is 1. The van der Waals surface area contributed by atoms with Gasteiger partial charge in [0.25, 0.3) is 0 Å². The van der Waals surface area contributed by atoms with Gasteiger partial charge in [0.2, 0.25) is 5.91 Å². The van der Waals surface area contributed by atoms with Gasteiger partial charge in [0.1, 0.15) is 5.82 Å². The smallest absolute Gasteiger partial charge is 0.241 e. The SMILES string of the molecule is CC(C)C(N)C(=O)Nc1ccc(F)cc1. The molecule has 1 unspecified atom stereocenters. The topological polar surface area (TPSA) is 55.1 Å². The second-order valence-electron chi connectivity index (χ2n) is 3.77. The fourth-order valence-corrected chi connectivity index (χ4v) is 1.06. The van der Waals surface area contributed by atoms with Crippen molar-refractivity contribution < 1.29 is 9.18 Å². The van der Waals surface area contributed by atoms with Gasteiger partial charge in [-0.05, 0) is 30.2 Å². The van der Waals surface area contributed by atoms with E-state index in [2.05, 4.69) is 5.32 Å². The summed E-state index contributed by atoms with van der Waals surface area (Å²) in [5.41, 5.74) is 6.20. The Morgan fingerprint density at radius 3 is 2.33 bits per heavy atom. The van der Waals surface area contributed by atoms with Crippen LogP contribution in [0.2, 0.25) is 0 Å². The molecule has 1 rings (SSSR count). The van der Waals surface area contributed by atoms with Crippen molar-refractivity contribution in [3.63, 3.8) is 0 Å². The van der Waals surface area contributed by atoms with Gasteiger partial charge in [-0.2, -0.15) is 0 Å². The summed E-state index contributed by atoms with van der Waals surface area (Å²) in [6.45, 7) is 3.74. The fourth-order valence-electron chi connectivity index (χ4n) is 1.06. The summed E-state index contributed by atoms with van der Waals surface area (Å²) in [6.07, 6.45) is 0. The molecular formula is C11H15FN2O. The maximum Gasteiger partial charge on any atom is 0.241 e. The van der Waals surface area contributed by atoms with Crippen molar-refractivity contribution in [2.24, 2.45) is 11.7 Å². The molecule has 0 aliphatic carbocycles. The molecule has 1 atom stereocenters. The van der Waals surface area contributed by atoms with E-state index in [1.165, 1.54) is 24.3 Å². The highest BCUT2D eigenvalue weighted by Gasteiger charge is 2.16. The molecular weight excluding hydrogens is 195 g/mol. The Balaban J connectivity index is 2.62. The van der Waals surface area contributed by atoms with E-state index in [9.17, 15) is 9.18 Å². The second kappa shape index (κ2) is 4.89. The molecule has 0 saturated heterocycles.